The van der Waals surface area contributed by atoms with Crippen molar-refractivity contribution in [3.05, 3.63) is 0 Å². The van der Waals surface area contributed by atoms with Crippen molar-refractivity contribution in [2.75, 3.05) is 7.11 Å². The molecule has 62 valence electrons. The molecule has 0 N–H and O–H groups in total. The summed E-state index contributed by atoms with van der Waals surface area (Å²) in [5.41, 5.74) is 0. The molecule has 0 bridgehead atoms. The Balaban J connectivity index is 2.19. The van der Waals surface area contributed by atoms with Crippen LogP contribution in [0.5, 0.6) is 0 Å². The van der Waals surface area contributed by atoms with E-state index in [1.165, 1.54) is 7.11 Å². The highest BCUT2D eigenvalue weighted by atomic mass is 17.3. The van der Waals surface area contributed by atoms with Crippen molar-refractivity contribution >= 4 is 5.78 Å². The molecule has 2 fully saturated rings. The summed E-state index contributed by atoms with van der Waals surface area (Å²) in [6.45, 7) is 0. The second-order valence-corrected chi connectivity index (χ2v) is 2.86. The minimum atomic E-state index is -1.04. The normalized spacial score (nSPS) is 43.0. The summed E-state index contributed by atoms with van der Waals surface area (Å²) < 4.78 is 4.99. The van der Waals surface area contributed by atoms with Gasteiger partial charge >= 0.3 is 0 Å². The molecule has 1 aliphatic heterocycles. The fraction of sp³-hybridized carbons (Fsp3) is 0.857. The summed E-state index contributed by atoms with van der Waals surface area (Å²) in [5.74, 6) is -1.04. The first kappa shape index (κ1) is 7.21. The van der Waals surface area contributed by atoms with Gasteiger partial charge < -0.3 is 4.74 Å². The predicted molar refractivity (Wildman–Crippen MR) is 34.6 cm³/mol. The maximum Gasteiger partial charge on any atom is 0.290 e. The lowest BCUT2D eigenvalue weighted by Crippen LogP contribution is -2.64. The lowest BCUT2D eigenvalue weighted by atomic mass is 9.89. The number of fused-ring (bicyclic) bond motifs is 1. The maximum atomic E-state index is 11.3. The van der Waals surface area contributed by atoms with Gasteiger partial charge in [-0.15, -0.1) is 0 Å². The summed E-state index contributed by atoms with van der Waals surface area (Å²) >= 11 is 0. The standard InChI is InChI=1S/C7H10O4/c1-9-7-5(8)3-2-4-6(7)10-11-7/h6H,2-4H2,1H3. The minimum Gasteiger partial charge on any atom is -0.343 e. The Hall–Kier alpha value is -0.450. The smallest absolute Gasteiger partial charge is 0.290 e. The number of rotatable bonds is 1. The first-order valence-electron chi connectivity index (χ1n) is 3.72. The molecule has 11 heavy (non-hydrogen) atoms. The molecule has 0 aromatic carbocycles. The molecular weight excluding hydrogens is 148 g/mol. The number of Topliss-reactive ketones (excluding diaryl/α,β-unsaturated/α-hetero) is 1. The first-order valence-corrected chi connectivity index (χ1v) is 3.72. The van der Waals surface area contributed by atoms with Gasteiger partial charge in [0.25, 0.3) is 5.79 Å². The third kappa shape index (κ3) is 0.772. The Morgan fingerprint density at radius 1 is 1.73 bits per heavy atom. The average Bonchev–Trinajstić information content (AvgIpc) is 1.96. The van der Waals surface area contributed by atoms with E-state index >= 15 is 0 Å². The number of ether oxygens (including phenoxy) is 1. The number of carbonyl (C=O) groups is 1. The second-order valence-electron chi connectivity index (χ2n) is 2.86. The van der Waals surface area contributed by atoms with Crippen molar-refractivity contribution in [1.29, 1.82) is 0 Å². The summed E-state index contributed by atoms with van der Waals surface area (Å²) in [5, 5.41) is 0. The molecule has 2 unspecified atom stereocenters. The van der Waals surface area contributed by atoms with E-state index in [0.29, 0.717) is 6.42 Å². The zero-order valence-electron chi connectivity index (χ0n) is 6.33. The Labute approximate surface area is 64.3 Å². The lowest BCUT2D eigenvalue weighted by molar-refractivity contribution is -0.552. The van der Waals surface area contributed by atoms with Crippen molar-refractivity contribution in [2.24, 2.45) is 0 Å². The van der Waals surface area contributed by atoms with Crippen LogP contribution in [0.4, 0.5) is 0 Å². The minimum absolute atomic E-state index is 0.00231. The highest BCUT2D eigenvalue weighted by molar-refractivity contribution is 5.87. The van der Waals surface area contributed by atoms with Crippen molar-refractivity contribution in [1.82, 2.24) is 0 Å². The van der Waals surface area contributed by atoms with Crippen LogP contribution >= 0.6 is 0 Å². The predicted octanol–water partition coefficient (Wildman–Crippen LogP) is 0.413. The van der Waals surface area contributed by atoms with Gasteiger partial charge in [-0.3, -0.25) is 4.79 Å². The van der Waals surface area contributed by atoms with Crippen LogP contribution in [-0.2, 0) is 19.3 Å². The van der Waals surface area contributed by atoms with Gasteiger partial charge in [-0.25, -0.2) is 4.89 Å². The molecule has 0 amide bonds. The van der Waals surface area contributed by atoms with Crippen LogP contribution in [0.3, 0.4) is 0 Å². The molecule has 1 saturated heterocycles. The molecule has 1 aliphatic carbocycles. The molecule has 2 aliphatic rings. The van der Waals surface area contributed by atoms with Crippen molar-refractivity contribution in [3.63, 3.8) is 0 Å². The second kappa shape index (κ2) is 2.27. The number of methoxy groups -OCH3 is 1. The fourth-order valence-corrected chi connectivity index (χ4v) is 1.57. The topological polar surface area (TPSA) is 44.8 Å². The third-order valence-corrected chi connectivity index (χ3v) is 2.27. The van der Waals surface area contributed by atoms with Crippen LogP contribution in [0.2, 0.25) is 0 Å². The van der Waals surface area contributed by atoms with Crippen LogP contribution in [0.1, 0.15) is 19.3 Å². The van der Waals surface area contributed by atoms with E-state index < -0.39 is 5.79 Å². The summed E-state index contributed by atoms with van der Waals surface area (Å²) in [4.78, 5) is 20.7. The van der Waals surface area contributed by atoms with Gasteiger partial charge in [-0.05, 0) is 12.8 Å². The summed E-state index contributed by atoms with van der Waals surface area (Å²) in [6, 6.07) is 0. The van der Waals surface area contributed by atoms with E-state index in [1.807, 2.05) is 0 Å². The first-order chi connectivity index (χ1) is 5.29. The SMILES string of the molecule is COC12OOC1CCCC2=O. The Morgan fingerprint density at radius 3 is 2.91 bits per heavy atom. The average molecular weight is 158 g/mol. The Morgan fingerprint density at radius 2 is 2.55 bits per heavy atom. The molecular formula is C7H10O4. The van der Waals surface area contributed by atoms with Crippen LogP contribution in [-0.4, -0.2) is 24.8 Å². The zero-order chi connectivity index (χ0) is 7.90. The fourth-order valence-electron chi connectivity index (χ4n) is 1.57. The quantitative estimate of drug-likeness (QED) is 0.518. The Bertz CT molecular complexity index is 187. The molecule has 2 atom stereocenters. The molecule has 0 radical (unpaired) electrons. The molecule has 0 spiro atoms. The van der Waals surface area contributed by atoms with E-state index in [4.69, 9.17) is 14.5 Å². The van der Waals surface area contributed by atoms with Crippen molar-refractivity contribution < 1.29 is 19.3 Å². The van der Waals surface area contributed by atoms with E-state index in [1.54, 1.807) is 0 Å². The van der Waals surface area contributed by atoms with E-state index in [0.717, 1.165) is 12.8 Å². The van der Waals surface area contributed by atoms with Gasteiger partial charge in [0.15, 0.2) is 11.9 Å². The largest absolute Gasteiger partial charge is 0.343 e. The monoisotopic (exact) mass is 158 g/mol. The molecule has 1 saturated carbocycles. The van der Waals surface area contributed by atoms with Gasteiger partial charge in [-0.2, -0.15) is 4.89 Å². The lowest BCUT2D eigenvalue weighted by Gasteiger charge is -2.46. The number of ketones is 1. The van der Waals surface area contributed by atoms with Crippen LogP contribution in [0.15, 0.2) is 0 Å². The van der Waals surface area contributed by atoms with Crippen LogP contribution in [0.25, 0.3) is 0 Å². The van der Waals surface area contributed by atoms with E-state index in [2.05, 4.69) is 0 Å². The molecule has 0 aromatic heterocycles. The highest BCUT2D eigenvalue weighted by Gasteiger charge is 2.59. The van der Waals surface area contributed by atoms with Crippen LogP contribution in [0, 0.1) is 0 Å². The van der Waals surface area contributed by atoms with Crippen LogP contribution < -0.4 is 0 Å². The number of hydrogen-bond acceptors (Lipinski definition) is 4. The summed E-state index contributed by atoms with van der Waals surface area (Å²) in [7, 11) is 1.47. The van der Waals surface area contributed by atoms with Crippen molar-refractivity contribution in [2.45, 2.75) is 31.2 Å². The molecule has 2 rings (SSSR count). The van der Waals surface area contributed by atoms with Gasteiger partial charge in [0.05, 0.1) is 0 Å². The zero-order valence-corrected chi connectivity index (χ0v) is 6.33. The number of carbonyl (C=O) groups excluding carboxylic acids is 1. The molecule has 1 heterocycles. The summed E-state index contributed by atoms with van der Waals surface area (Å²) in [6.07, 6.45) is 2.08. The van der Waals surface area contributed by atoms with Gasteiger partial charge in [-0.1, -0.05) is 0 Å². The van der Waals surface area contributed by atoms with Gasteiger partial charge in [0, 0.05) is 13.5 Å². The molecule has 4 nitrogen and oxygen atoms in total. The van der Waals surface area contributed by atoms with Gasteiger partial charge in [0.2, 0.25) is 0 Å². The molecule has 4 heteroatoms. The van der Waals surface area contributed by atoms with E-state index in [9.17, 15) is 4.79 Å². The highest BCUT2D eigenvalue weighted by Crippen LogP contribution is 2.39. The number of hydrogen-bond donors (Lipinski definition) is 0. The van der Waals surface area contributed by atoms with E-state index in [-0.39, 0.29) is 11.9 Å². The molecule has 0 aromatic rings. The Kier molecular flexibility index (Phi) is 1.49. The maximum absolute atomic E-state index is 11.3. The third-order valence-electron chi connectivity index (χ3n) is 2.27. The van der Waals surface area contributed by atoms with Crippen molar-refractivity contribution in [3.8, 4) is 0 Å². The van der Waals surface area contributed by atoms with Gasteiger partial charge in [0.1, 0.15) is 0 Å².